The Hall–Kier alpha value is -2.37. The van der Waals surface area contributed by atoms with Gasteiger partial charge < -0.3 is 21.5 Å². The van der Waals surface area contributed by atoms with Gasteiger partial charge in [-0.1, -0.05) is 12.1 Å². The molecule has 0 aromatic heterocycles. The van der Waals surface area contributed by atoms with E-state index in [4.69, 9.17) is 16.2 Å². The first-order valence-corrected chi connectivity index (χ1v) is 7.59. The topological polar surface area (TPSA) is 90.4 Å². The van der Waals surface area contributed by atoms with Crippen LogP contribution in [0.2, 0.25) is 0 Å². The lowest BCUT2D eigenvalue weighted by Gasteiger charge is -2.13. The summed E-state index contributed by atoms with van der Waals surface area (Å²) in [6, 6.07) is 11.1. The molecule has 5 heteroatoms. The molecule has 0 aliphatic carbocycles. The number of carbonyl (C=O) groups excluding carboxylic acids is 1. The van der Waals surface area contributed by atoms with Gasteiger partial charge in [0.15, 0.2) is 0 Å². The minimum Gasteiger partial charge on any atom is -0.492 e. The van der Waals surface area contributed by atoms with E-state index in [2.05, 4.69) is 5.32 Å². The Kier molecular flexibility index (Phi) is 5.73. The third-order valence-corrected chi connectivity index (χ3v) is 3.53. The molecule has 1 amide bonds. The van der Waals surface area contributed by atoms with Crippen molar-refractivity contribution >= 4 is 11.6 Å². The summed E-state index contributed by atoms with van der Waals surface area (Å²) in [4.78, 5) is 12.4. The zero-order valence-corrected chi connectivity index (χ0v) is 13.6. The number of nitrogens with two attached hydrogens (primary N) is 2. The highest BCUT2D eigenvalue weighted by molar-refractivity contribution is 6.04. The van der Waals surface area contributed by atoms with Crippen molar-refractivity contribution in [3.63, 3.8) is 0 Å². The molecule has 0 aliphatic rings. The second kappa shape index (κ2) is 7.76. The van der Waals surface area contributed by atoms with Gasteiger partial charge in [-0.2, -0.15) is 0 Å². The number of hydrogen-bond acceptors (Lipinski definition) is 4. The Bertz CT molecular complexity index is 658. The fraction of sp³-hybridized carbons (Fsp3) is 0.278. The zero-order valence-electron chi connectivity index (χ0n) is 13.6. The molecule has 0 saturated heterocycles. The summed E-state index contributed by atoms with van der Waals surface area (Å²) in [6.45, 7) is 5.24. The van der Waals surface area contributed by atoms with E-state index in [1.165, 1.54) is 0 Å². The summed E-state index contributed by atoms with van der Waals surface area (Å²) in [6.07, 6.45) is 0. The Morgan fingerprint density at radius 2 is 1.70 bits per heavy atom. The summed E-state index contributed by atoms with van der Waals surface area (Å²) in [5.41, 5.74) is 15.2. The fourth-order valence-corrected chi connectivity index (χ4v) is 2.40. The molecule has 2 aromatic rings. The molecular formula is C18H23N3O2. The molecule has 0 spiro atoms. The van der Waals surface area contributed by atoms with E-state index in [9.17, 15) is 4.79 Å². The highest BCUT2D eigenvalue weighted by atomic mass is 16.5. The van der Waals surface area contributed by atoms with Crippen molar-refractivity contribution in [2.45, 2.75) is 20.4 Å². The van der Waals surface area contributed by atoms with Gasteiger partial charge in [-0.05, 0) is 54.8 Å². The normalized spacial score (nSPS) is 10.4. The first kappa shape index (κ1) is 17.0. The number of nitrogens with one attached hydrogen (secondary N) is 1. The minimum atomic E-state index is -0.151. The van der Waals surface area contributed by atoms with Gasteiger partial charge in [0.05, 0.1) is 0 Å². The summed E-state index contributed by atoms with van der Waals surface area (Å²) in [5.74, 6) is 0.640. The predicted molar refractivity (Wildman–Crippen MR) is 92.8 cm³/mol. The van der Waals surface area contributed by atoms with Crippen LogP contribution in [0, 0.1) is 13.8 Å². The van der Waals surface area contributed by atoms with Gasteiger partial charge in [-0.25, -0.2) is 0 Å². The fourth-order valence-electron chi connectivity index (χ4n) is 2.40. The first-order chi connectivity index (χ1) is 11.0. The van der Waals surface area contributed by atoms with Crippen molar-refractivity contribution in [2.24, 2.45) is 11.5 Å². The van der Waals surface area contributed by atoms with E-state index in [1.54, 1.807) is 0 Å². The molecule has 2 rings (SSSR count). The number of ether oxygens (including phenoxy) is 1. The van der Waals surface area contributed by atoms with Crippen molar-refractivity contribution in [2.75, 3.05) is 18.5 Å². The average molecular weight is 313 g/mol. The number of hydrogen-bond donors (Lipinski definition) is 3. The van der Waals surface area contributed by atoms with E-state index in [-0.39, 0.29) is 5.91 Å². The van der Waals surface area contributed by atoms with Crippen LogP contribution in [0.25, 0.3) is 0 Å². The molecule has 0 heterocycles. The standard InChI is InChI=1S/C18H23N3O2/c1-12-9-15(10-13(2)17(12)23-8-7-19)18(22)21-16-5-3-14(11-20)4-6-16/h3-6,9-10H,7-8,11,19-20H2,1-2H3,(H,21,22). The number of carbonyl (C=O) groups is 1. The van der Waals surface area contributed by atoms with Gasteiger partial charge in [0.1, 0.15) is 12.4 Å². The van der Waals surface area contributed by atoms with Gasteiger partial charge in [-0.15, -0.1) is 0 Å². The van der Waals surface area contributed by atoms with Crippen LogP contribution < -0.4 is 21.5 Å². The van der Waals surface area contributed by atoms with Crippen LogP contribution in [0.15, 0.2) is 36.4 Å². The van der Waals surface area contributed by atoms with Gasteiger partial charge >= 0.3 is 0 Å². The molecule has 5 N–H and O–H groups in total. The number of amides is 1. The van der Waals surface area contributed by atoms with Crippen LogP contribution in [-0.2, 0) is 6.54 Å². The van der Waals surface area contributed by atoms with Crippen molar-refractivity contribution < 1.29 is 9.53 Å². The second-order valence-corrected chi connectivity index (χ2v) is 5.43. The van der Waals surface area contributed by atoms with Crippen molar-refractivity contribution in [3.8, 4) is 5.75 Å². The van der Waals surface area contributed by atoms with E-state index in [0.29, 0.717) is 25.3 Å². The molecule has 0 radical (unpaired) electrons. The first-order valence-electron chi connectivity index (χ1n) is 7.59. The Morgan fingerprint density at radius 1 is 1.09 bits per heavy atom. The molecule has 23 heavy (non-hydrogen) atoms. The molecule has 0 fully saturated rings. The highest BCUT2D eigenvalue weighted by Crippen LogP contribution is 2.25. The van der Waals surface area contributed by atoms with Gasteiger partial charge in [-0.3, -0.25) is 4.79 Å². The van der Waals surface area contributed by atoms with Crippen LogP contribution in [-0.4, -0.2) is 19.1 Å². The summed E-state index contributed by atoms with van der Waals surface area (Å²) in [5, 5.41) is 2.89. The lowest BCUT2D eigenvalue weighted by molar-refractivity contribution is 0.102. The SMILES string of the molecule is Cc1cc(C(=O)Nc2ccc(CN)cc2)cc(C)c1OCCN. The van der Waals surface area contributed by atoms with Crippen LogP contribution in [0.1, 0.15) is 27.0 Å². The Labute approximate surface area is 136 Å². The van der Waals surface area contributed by atoms with Gasteiger partial charge in [0.2, 0.25) is 0 Å². The minimum absolute atomic E-state index is 0.151. The van der Waals surface area contributed by atoms with Gasteiger partial charge in [0.25, 0.3) is 5.91 Å². The van der Waals surface area contributed by atoms with Crippen LogP contribution >= 0.6 is 0 Å². The number of anilines is 1. The molecular weight excluding hydrogens is 290 g/mol. The molecule has 0 bridgehead atoms. The van der Waals surface area contributed by atoms with Gasteiger partial charge in [0, 0.05) is 24.3 Å². The van der Waals surface area contributed by atoms with Crippen molar-refractivity contribution in [1.29, 1.82) is 0 Å². The molecule has 122 valence electrons. The second-order valence-electron chi connectivity index (χ2n) is 5.43. The lowest BCUT2D eigenvalue weighted by atomic mass is 10.0. The lowest BCUT2D eigenvalue weighted by Crippen LogP contribution is -2.14. The smallest absolute Gasteiger partial charge is 0.255 e. The van der Waals surface area contributed by atoms with Crippen LogP contribution in [0.5, 0.6) is 5.75 Å². The largest absolute Gasteiger partial charge is 0.492 e. The highest BCUT2D eigenvalue weighted by Gasteiger charge is 2.12. The maximum absolute atomic E-state index is 12.4. The maximum atomic E-state index is 12.4. The summed E-state index contributed by atoms with van der Waals surface area (Å²) in [7, 11) is 0. The van der Waals surface area contributed by atoms with E-state index >= 15 is 0 Å². The van der Waals surface area contributed by atoms with E-state index in [0.717, 1.165) is 28.1 Å². The van der Waals surface area contributed by atoms with Crippen molar-refractivity contribution in [3.05, 3.63) is 58.7 Å². The van der Waals surface area contributed by atoms with Crippen LogP contribution in [0.4, 0.5) is 5.69 Å². The quantitative estimate of drug-likeness (QED) is 0.763. The molecule has 0 saturated carbocycles. The Balaban J connectivity index is 2.15. The number of aryl methyl sites for hydroxylation is 2. The number of benzene rings is 2. The maximum Gasteiger partial charge on any atom is 0.255 e. The van der Waals surface area contributed by atoms with E-state index < -0.39 is 0 Å². The molecule has 5 nitrogen and oxygen atoms in total. The summed E-state index contributed by atoms with van der Waals surface area (Å²) < 4.78 is 5.63. The molecule has 2 aromatic carbocycles. The van der Waals surface area contributed by atoms with E-state index in [1.807, 2.05) is 50.2 Å². The molecule has 0 atom stereocenters. The predicted octanol–water partition coefficient (Wildman–Crippen LogP) is 2.35. The summed E-state index contributed by atoms with van der Waals surface area (Å²) >= 11 is 0. The zero-order chi connectivity index (χ0) is 16.8. The molecule has 0 unspecified atom stereocenters. The average Bonchev–Trinajstić information content (AvgIpc) is 2.54. The van der Waals surface area contributed by atoms with Crippen molar-refractivity contribution in [1.82, 2.24) is 0 Å². The monoisotopic (exact) mass is 313 g/mol. The number of rotatable bonds is 6. The van der Waals surface area contributed by atoms with Crippen LogP contribution in [0.3, 0.4) is 0 Å². The molecule has 0 aliphatic heterocycles. The Morgan fingerprint density at radius 3 is 2.22 bits per heavy atom. The third-order valence-electron chi connectivity index (χ3n) is 3.53. The third kappa shape index (κ3) is 4.31.